The fourth-order valence-corrected chi connectivity index (χ4v) is 2.89. The molecule has 4 nitrogen and oxygen atoms in total. The molecule has 0 fully saturated rings. The van der Waals surface area contributed by atoms with E-state index in [9.17, 15) is 4.79 Å². The van der Waals surface area contributed by atoms with Crippen LogP contribution < -0.4 is 14.2 Å². The molecular formula is C22H32O4. The Balaban J connectivity index is 3.36. The van der Waals surface area contributed by atoms with Crippen LogP contribution in [0.1, 0.15) is 69.3 Å². The van der Waals surface area contributed by atoms with Crippen molar-refractivity contribution in [2.75, 3.05) is 21.3 Å². The van der Waals surface area contributed by atoms with Gasteiger partial charge in [-0.25, -0.2) is 0 Å². The van der Waals surface area contributed by atoms with E-state index in [0.717, 1.165) is 24.0 Å². The van der Waals surface area contributed by atoms with Gasteiger partial charge in [0, 0.05) is 5.56 Å². The number of ketones is 1. The lowest BCUT2D eigenvalue weighted by Gasteiger charge is -2.21. The van der Waals surface area contributed by atoms with Crippen LogP contribution in [0.5, 0.6) is 17.2 Å². The van der Waals surface area contributed by atoms with E-state index in [2.05, 4.69) is 19.9 Å². The Morgan fingerprint density at radius 2 is 1.65 bits per heavy atom. The number of carbonyl (C=O) groups excluding carboxylic acids is 1. The third-order valence-electron chi connectivity index (χ3n) is 4.17. The van der Waals surface area contributed by atoms with Gasteiger partial charge in [-0.15, -0.1) is 0 Å². The Hall–Kier alpha value is -2.23. The fraction of sp³-hybridized carbons (Fsp3) is 0.500. The van der Waals surface area contributed by atoms with Crippen LogP contribution in [0.25, 0.3) is 0 Å². The second kappa shape index (κ2) is 10.0. The maximum atomic E-state index is 12.9. The molecular weight excluding hydrogens is 328 g/mol. The van der Waals surface area contributed by atoms with Crippen molar-refractivity contribution < 1.29 is 19.0 Å². The highest BCUT2D eigenvalue weighted by molar-refractivity contribution is 6.08. The van der Waals surface area contributed by atoms with Gasteiger partial charge in [-0.1, -0.05) is 31.1 Å². The van der Waals surface area contributed by atoms with Crippen molar-refractivity contribution in [3.05, 3.63) is 40.5 Å². The van der Waals surface area contributed by atoms with Gasteiger partial charge in [0.25, 0.3) is 0 Å². The van der Waals surface area contributed by atoms with Crippen molar-refractivity contribution in [3.8, 4) is 17.2 Å². The largest absolute Gasteiger partial charge is 0.496 e. The molecule has 0 atom stereocenters. The zero-order valence-corrected chi connectivity index (χ0v) is 17.4. The van der Waals surface area contributed by atoms with E-state index in [4.69, 9.17) is 14.2 Å². The molecule has 26 heavy (non-hydrogen) atoms. The number of benzene rings is 1. The number of methoxy groups -OCH3 is 3. The minimum absolute atomic E-state index is 0.0839. The second-order valence-electron chi connectivity index (χ2n) is 6.94. The fourth-order valence-electron chi connectivity index (χ4n) is 2.89. The van der Waals surface area contributed by atoms with E-state index in [1.807, 2.05) is 20.8 Å². The molecule has 0 saturated heterocycles. The molecule has 0 aliphatic heterocycles. The molecule has 1 aromatic carbocycles. The first-order valence-electron chi connectivity index (χ1n) is 8.94. The summed E-state index contributed by atoms with van der Waals surface area (Å²) in [6.07, 6.45) is 5.64. The van der Waals surface area contributed by atoms with Crippen molar-refractivity contribution in [2.45, 2.75) is 53.4 Å². The molecule has 0 amide bonds. The van der Waals surface area contributed by atoms with Crippen LogP contribution in [0.2, 0.25) is 0 Å². The highest BCUT2D eigenvalue weighted by Gasteiger charge is 2.25. The van der Waals surface area contributed by atoms with Crippen molar-refractivity contribution in [1.29, 1.82) is 0 Å². The van der Waals surface area contributed by atoms with E-state index in [1.165, 1.54) is 5.57 Å². The van der Waals surface area contributed by atoms with Gasteiger partial charge in [-0.3, -0.25) is 4.79 Å². The van der Waals surface area contributed by atoms with E-state index in [0.29, 0.717) is 22.8 Å². The highest BCUT2D eigenvalue weighted by Crippen LogP contribution is 2.44. The first kappa shape index (κ1) is 21.8. The van der Waals surface area contributed by atoms with Gasteiger partial charge in [-0.05, 0) is 51.7 Å². The molecule has 144 valence electrons. The summed E-state index contributed by atoms with van der Waals surface area (Å²) in [5.41, 5.74) is 3.66. The number of ether oxygens (including phenoxy) is 3. The molecule has 0 bridgehead atoms. The van der Waals surface area contributed by atoms with E-state index in [-0.39, 0.29) is 11.7 Å². The zero-order chi connectivity index (χ0) is 19.9. The van der Waals surface area contributed by atoms with Gasteiger partial charge in [-0.2, -0.15) is 0 Å². The van der Waals surface area contributed by atoms with E-state index in [1.54, 1.807) is 33.5 Å². The number of hydrogen-bond acceptors (Lipinski definition) is 4. The predicted molar refractivity (Wildman–Crippen MR) is 107 cm³/mol. The Bertz CT molecular complexity index is 693. The molecule has 1 rings (SSSR count). The van der Waals surface area contributed by atoms with Crippen LogP contribution >= 0.6 is 0 Å². The minimum atomic E-state index is -0.0839. The summed E-state index contributed by atoms with van der Waals surface area (Å²) in [6, 6.07) is 1.70. The van der Waals surface area contributed by atoms with Crippen LogP contribution in [-0.2, 0) is 0 Å². The third-order valence-corrected chi connectivity index (χ3v) is 4.17. The molecule has 4 heteroatoms. The normalized spacial score (nSPS) is 11.3. The molecule has 1 aromatic rings. The van der Waals surface area contributed by atoms with Crippen LogP contribution in [0.4, 0.5) is 0 Å². The topological polar surface area (TPSA) is 44.8 Å². The van der Waals surface area contributed by atoms with Crippen molar-refractivity contribution in [3.63, 3.8) is 0 Å². The molecule has 0 unspecified atom stereocenters. The summed E-state index contributed by atoms with van der Waals surface area (Å²) in [6.45, 7) is 10.2. The third kappa shape index (κ3) is 5.38. The Kier molecular flexibility index (Phi) is 8.43. The standard InChI is InChI=1S/C22H32O4/c1-14(2)10-9-11-16(5)12-18(23)17-13-19(24-6)22(26-8)20(15(3)4)21(17)25-7/h10,12-13,15H,9,11H2,1-8H3/b16-12-. The van der Waals surface area contributed by atoms with E-state index < -0.39 is 0 Å². The zero-order valence-electron chi connectivity index (χ0n) is 17.4. The van der Waals surface area contributed by atoms with Gasteiger partial charge < -0.3 is 14.2 Å². The molecule has 0 aliphatic carbocycles. The van der Waals surface area contributed by atoms with Gasteiger partial charge in [0.15, 0.2) is 17.3 Å². The lowest BCUT2D eigenvalue weighted by Crippen LogP contribution is -2.08. The summed E-state index contributed by atoms with van der Waals surface area (Å²) >= 11 is 0. The summed E-state index contributed by atoms with van der Waals surface area (Å²) in [5.74, 6) is 1.73. The molecule has 0 heterocycles. The molecule has 0 aromatic heterocycles. The lowest BCUT2D eigenvalue weighted by atomic mass is 9.94. The number of carbonyl (C=O) groups is 1. The van der Waals surface area contributed by atoms with Gasteiger partial charge in [0.1, 0.15) is 5.75 Å². The summed E-state index contributed by atoms with van der Waals surface area (Å²) in [4.78, 5) is 12.9. The van der Waals surface area contributed by atoms with Gasteiger partial charge >= 0.3 is 0 Å². The molecule has 0 spiro atoms. The lowest BCUT2D eigenvalue weighted by molar-refractivity contribution is 0.104. The summed E-state index contributed by atoms with van der Waals surface area (Å²) < 4.78 is 16.6. The Morgan fingerprint density at radius 3 is 2.12 bits per heavy atom. The van der Waals surface area contributed by atoms with Crippen LogP contribution in [0, 0.1) is 0 Å². The molecule has 0 N–H and O–H groups in total. The number of allylic oxidation sites excluding steroid dienone is 4. The monoisotopic (exact) mass is 360 g/mol. The number of hydrogen-bond donors (Lipinski definition) is 0. The second-order valence-corrected chi connectivity index (χ2v) is 6.94. The van der Waals surface area contributed by atoms with Crippen LogP contribution in [0.15, 0.2) is 29.4 Å². The van der Waals surface area contributed by atoms with E-state index >= 15 is 0 Å². The molecule has 0 aliphatic rings. The molecule has 0 radical (unpaired) electrons. The van der Waals surface area contributed by atoms with Crippen molar-refractivity contribution >= 4 is 5.78 Å². The Morgan fingerprint density at radius 1 is 1.04 bits per heavy atom. The average Bonchev–Trinajstić information content (AvgIpc) is 2.58. The molecule has 0 saturated carbocycles. The van der Waals surface area contributed by atoms with Crippen molar-refractivity contribution in [1.82, 2.24) is 0 Å². The minimum Gasteiger partial charge on any atom is -0.496 e. The smallest absolute Gasteiger partial charge is 0.189 e. The van der Waals surface area contributed by atoms with Crippen LogP contribution in [-0.4, -0.2) is 27.1 Å². The summed E-state index contributed by atoms with van der Waals surface area (Å²) in [7, 11) is 4.75. The number of rotatable bonds is 9. The quantitative estimate of drug-likeness (QED) is 0.321. The summed E-state index contributed by atoms with van der Waals surface area (Å²) in [5, 5.41) is 0. The van der Waals surface area contributed by atoms with Crippen molar-refractivity contribution in [2.24, 2.45) is 0 Å². The maximum absolute atomic E-state index is 12.9. The first-order valence-corrected chi connectivity index (χ1v) is 8.94. The highest BCUT2D eigenvalue weighted by atomic mass is 16.5. The SMILES string of the molecule is COc1cc(C(=O)/C=C(/C)CCC=C(C)C)c(OC)c(C(C)C)c1OC. The van der Waals surface area contributed by atoms with Gasteiger partial charge in [0.2, 0.25) is 0 Å². The predicted octanol–water partition coefficient (Wildman–Crippen LogP) is 5.71. The van der Waals surface area contributed by atoms with Gasteiger partial charge in [0.05, 0.1) is 26.9 Å². The van der Waals surface area contributed by atoms with Crippen LogP contribution in [0.3, 0.4) is 0 Å². The average molecular weight is 360 g/mol. The Labute approximate surface area is 157 Å². The maximum Gasteiger partial charge on any atom is 0.189 e. The first-order chi connectivity index (χ1) is 12.3.